The molecule has 0 bridgehead atoms. The van der Waals surface area contributed by atoms with Crippen molar-refractivity contribution in [2.24, 2.45) is 0 Å². The van der Waals surface area contributed by atoms with Crippen molar-refractivity contribution in [3.05, 3.63) is 0 Å². The summed E-state index contributed by atoms with van der Waals surface area (Å²) in [5, 5.41) is 46.8. The van der Waals surface area contributed by atoms with Crippen LogP contribution in [0.2, 0.25) is 0 Å². The molecule has 6 N–H and O–H groups in total. The van der Waals surface area contributed by atoms with Crippen LogP contribution in [-0.2, 0) is 4.79 Å². The maximum atomic E-state index is 10.8. The predicted molar refractivity (Wildman–Crippen MR) is 38.2 cm³/mol. The molecule has 0 saturated carbocycles. The second kappa shape index (κ2) is 3.20. The van der Waals surface area contributed by atoms with Crippen molar-refractivity contribution < 1.29 is 30.3 Å². The molecule has 7 heteroatoms. The highest BCUT2D eigenvalue weighted by Gasteiger charge is 2.50. The van der Waals surface area contributed by atoms with Crippen molar-refractivity contribution in [3.8, 4) is 0 Å². The lowest BCUT2D eigenvalue weighted by Crippen LogP contribution is -2.72. The SMILES string of the molecule is O=C1N[C@](O)(CO)[C@@H](O)[C@@H](O)[C@@H]1O. The Labute approximate surface area is 73.2 Å². The van der Waals surface area contributed by atoms with Crippen LogP contribution in [0.3, 0.4) is 0 Å². The van der Waals surface area contributed by atoms with E-state index >= 15 is 0 Å². The molecule has 7 nitrogen and oxygen atoms in total. The van der Waals surface area contributed by atoms with Crippen molar-refractivity contribution in [1.82, 2.24) is 5.32 Å². The standard InChI is InChI=1S/C6H11NO6/c8-1-6(13)4(11)2(9)3(10)5(12)7-6/h2-4,8-11,13H,1H2,(H,7,12)/t2-,3-,4-,6-/m0/s1. The van der Waals surface area contributed by atoms with Gasteiger partial charge in [-0.25, -0.2) is 0 Å². The summed E-state index contributed by atoms with van der Waals surface area (Å²) in [5.41, 5.74) is -2.30. The summed E-state index contributed by atoms with van der Waals surface area (Å²) < 4.78 is 0. The van der Waals surface area contributed by atoms with Crippen molar-refractivity contribution >= 4 is 5.91 Å². The van der Waals surface area contributed by atoms with E-state index in [1.807, 2.05) is 0 Å². The van der Waals surface area contributed by atoms with Crippen LogP contribution < -0.4 is 5.32 Å². The maximum Gasteiger partial charge on any atom is 0.253 e. The molecule has 1 aliphatic rings. The third-order valence-corrected chi connectivity index (χ3v) is 1.99. The molecule has 0 aromatic carbocycles. The van der Waals surface area contributed by atoms with E-state index in [0.717, 1.165) is 0 Å². The van der Waals surface area contributed by atoms with E-state index in [-0.39, 0.29) is 0 Å². The highest BCUT2D eigenvalue weighted by molar-refractivity contribution is 5.83. The molecule has 1 saturated heterocycles. The second-order valence-electron chi connectivity index (χ2n) is 2.95. The molecule has 13 heavy (non-hydrogen) atoms. The van der Waals surface area contributed by atoms with Gasteiger partial charge in [0.05, 0.1) is 6.61 Å². The number of rotatable bonds is 1. The molecule has 76 valence electrons. The molecule has 1 heterocycles. The number of amides is 1. The Balaban J connectivity index is 2.88. The van der Waals surface area contributed by atoms with Crippen LogP contribution in [0.25, 0.3) is 0 Å². The van der Waals surface area contributed by atoms with E-state index in [2.05, 4.69) is 0 Å². The fourth-order valence-electron chi connectivity index (χ4n) is 1.10. The number of hydrogen-bond acceptors (Lipinski definition) is 6. The Morgan fingerprint density at radius 2 is 1.92 bits per heavy atom. The summed E-state index contributed by atoms with van der Waals surface area (Å²) in [5.74, 6) is -1.05. The van der Waals surface area contributed by atoms with Crippen LogP contribution in [0.5, 0.6) is 0 Å². The summed E-state index contributed by atoms with van der Waals surface area (Å²) in [4.78, 5) is 10.8. The Bertz CT molecular complexity index is 221. The van der Waals surface area contributed by atoms with E-state index in [1.165, 1.54) is 0 Å². The molecule has 1 fully saturated rings. The van der Waals surface area contributed by atoms with Gasteiger partial charge in [-0.3, -0.25) is 4.79 Å². The molecule has 0 unspecified atom stereocenters. The molecule has 0 aromatic rings. The Morgan fingerprint density at radius 3 is 2.38 bits per heavy atom. The van der Waals surface area contributed by atoms with Gasteiger partial charge in [0.1, 0.15) is 12.2 Å². The Hall–Kier alpha value is -0.730. The van der Waals surface area contributed by atoms with Crippen LogP contribution in [0.15, 0.2) is 0 Å². The second-order valence-corrected chi connectivity index (χ2v) is 2.95. The first-order chi connectivity index (χ1) is 5.92. The average molecular weight is 193 g/mol. The average Bonchev–Trinajstić information content (AvgIpc) is 2.12. The predicted octanol–water partition coefficient (Wildman–Crippen LogP) is -4.12. The zero-order valence-electron chi connectivity index (χ0n) is 6.58. The smallest absolute Gasteiger partial charge is 0.253 e. The summed E-state index contributed by atoms with van der Waals surface area (Å²) in [6.45, 7) is -0.955. The van der Waals surface area contributed by atoms with E-state index in [1.54, 1.807) is 5.32 Å². The number of aliphatic hydroxyl groups excluding tert-OH is 4. The van der Waals surface area contributed by atoms with Gasteiger partial charge >= 0.3 is 0 Å². The van der Waals surface area contributed by atoms with Gasteiger partial charge in [-0.1, -0.05) is 0 Å². The van der Waals surface area contributed by atoms with Crippen molar-refractivity contribution in [2.75, 3.05) is 6.61 Å². The first-order valence-corrected chi connectivity index (χ1v) is 3.62. The molecular weight excluding hydrogens is 182 g/mol. The molecule has 1 amide bonds. The number of aliphatic hydroxyl groups is 5. The number of hydrogen-bond donors (Lipinski definition) is 6. The molecule has 0 spiro atoms. The first kappa shape index (κ1) is 10.4. The number of carbonyl (C=O) groups excluding carboxylic acids is 1. The summed E-state index contributed by atoms with van der Waals surface area (Å²) in [6, 6.07) is 0. The molecule has 0 aromatic heterocycles. The van der Waals surface area contributed by atoms with Gasteiger partial charge in [0.15, 0.2) is 11.8 Å². The molecule has 0 radical (unpaired) electrons. The van der Waals surface area contributed by atoms with Crippen molar-refractivity contribution in [1.29, 1.82) is 0 Å². The number of carbonyl (C=O) groups is 1. The van der Waals surface area contributed by atoms with E-state index < -0.39 is 36.6 Å². The highest BCUT2D eigenvalue weighted by Crippen LogP contribution is 2.18. The minimum absolute atomic E-state index is 0.955. The fourth-order valence-corrected chi connectivity index (χ4v) is 1.10. The van der Waals surface area contributed by atoms with Crippen LogP contribution in [0.1, 0.15) is 0 Å². The topological polar surface area (TPSA) is 130 Å². The van der Waals surface area contributed by atoms with Crippen LogP contribution in [0, 0.1) is 0 Å². The Kier molecular flexibility index (Phi) is 2.55. The lowest BCUT2D eigenvalue weighted by molar-refractivity contribution is -0.210. The van der Waals surface area contributed by atoms with E-state index in [9.17, 15) is 9.90 Å². The molecule has 1 rings (SSSR count). The maximum absolute atomic E-state index is 10.8. The molecule has 4 atom stereocenters. The lowest BCUT2D eigenvalue weighted by Gasteiger charge is -2.40. The highest BCUT2D eigenvalue weighted by atomic mass is 16.4. The minimum atomic E-state index is -2.30. The van der Waals surface area contributed by atoms with Gasteiger partial charge in [0.25, 0.3) is 5.91 Å². The molecular formula is C6H11NO6. The van der Waals surface area contributed by atoms with Gasteiger partial charge in [0, 0.05) is 0 Å². The largest absolute Gasteiger partial charge is 0.391 e. The number of piperidine rings is 1. The summed E-state index contributed by atoms with van der Waals surface area (Å²) in [6.07, 6.45) is -5.45. The van der Waals surface area contributed by atoms with Gasteiger partial charge in [-0.2, -0.15) is 0 Å². The van der Waals surface area contributed by atoms with Crippen molar-refractivity contribution in [2.45, 2.75) is 24.0 Å². The van der Waals surface area contributed by atoms with Gasteiger partial charge in [0.2, 0.25) is 0 Å². The third-order valence-electron chi connectivity index (χ3n) is 1.99. The van der Waals surface area contributed by atoms with Crippen LogP contribution >= 0.6 is 0 Å². The minimum Gasteiger partial charge on any atom is -0.391 e. The van der Waals surface area contributed by atoms with Crippen LogP contribution in [0.4, 0.5) is 0 Å². The zero-order chi connectivity index (χ0) is 10.2. The van der Waals surface area contributed by atoms with E-state index in [0.29, 0.717) is 0 Å². The zero-order valence-corrected chi connectivity index (χ0v) is 6.58. The quantitative estimate of drug-likeness (QED) is 0.251. The van der Waals surface area contributed by atoms with Gasteiger partial charge in [-0.05, 0) is 0 Å². The fraction of sp³-hybridized carbons (Fsp3) is 0.833. The number of nitrogens with one attached hydrogen (secondary N) is 1. The first-order valence-electron chi connectivity index (χ1n) is 3.62. The lowest BCUT2D eigenvalue weighted by atomic mass is 9.93. The Morgan fingerprint density at radius 1 is 1.38 bits per heavy atom. The molecule has 0 aliphatic carbocycles. The van der Waals surface area contributed by atoms with E-state index in [4.69, 9.17) is 20.4 Å². The molecule has 1 aliphatic heterocycles. The van der Waals surface area contributed by atoms with Gasteiger partial charge < -0.3 is 30.8 Å². The third kappa shape index (κ3) is 1.52. The monoisotopic (exact) mass is 193 g/mol. The van der Waals surface area contributed by atoms with Crippen LogP contribution in [-0.4, -0.2) is 62.1 Å². The summed E-state index contributed by atoms with van der Waals surface area (Å²) in [7, 11) is 0. The van der Waals surface area contributed by atoms with Crippen molar-refractivity contribution in [3.63, 3.8) is 0 Å². The summed E-state index contributed by atoms with van der Waals surface area (Å²) >= 11 is 0. The normalized spacial score (nSPS) is 45.9. The van der Waals surface area contributed by atoms with Gasteiger partial charge in [-0.15, -0.1) is 0 Å².